The highest BCUT2D eigenvalue weighted by Crippen LogP contribution is 2.21. The number of rotatable bonds is 2. The predicted octanol–water partition coefficient (Wildman–Crippen LogP) is 1.11. The molecule has 15 heavy (non-hydrogen) atoms. The van der Waals surface area contributed by atoms with E-state index in [0.717, 1.165) is 0 Å². The highest BCUT2D eigenvalue weighted by molar-refractivity contribution is 5.61. The average Bonchev–Trinajstić information content (AvgIpc) is 2.59. The first kappa shape index (κ1) is 9.79. The minimum Gasteiger partial charge on any atom is -0.390 e. The summed E-state index contributed by atoms with van der Waals surface area (Å²) in [6.07, 6.45) is 0. The molecule has 0 radical (unpaired) electrons. The van der Waals surface area contributed by atoms with Crippen LogP contribution in [0.4, 0.5) is 4.39 Å². The number of aryl methyl sites for hydroxylation is 1. The van der Waals surface area contributed by atoms with Crippen LogP contribution in [0.2, 0.25) is 0 Å². The van der Waals surface area contributed by atoms with Gasteiger partial charge in [0.15, 0.2) is 0 Å². The Morgan fingerprint density at radius 3 is 2.93 bits per heavy atom. The van der Waals surface area contributed by atoms with E-state index in [1.807, 2.05) is 0 Å². The van der Waals surface area contributed by atoms with Gasteiger partial charge in [-0.1, -0.05) is 17.3 Å². The van der Waals surface area contributed by atoms with E-state index in [4.69, 9.17) is 5.11 Å². The summed E-state index contributed by atoms with van der Waals surface area (Å²) in [7, 11) is 1.70. The zero-order valence-corrected chi connectivity index (χ0v) is 8.18. The molecule has 0 saturated carbocycles. The van der Waals surface area contributed by atoms with Crippen molar-refractivity contribution in [3.05, 3.63) is 35.8 Å². The molecule has 0 aliphatic carbocycles. The van der Waals surface area contributed by atoms with Crippen LogP contribution in [0.3, 0.4) is 0 Å². The Labute approximate surface area is 86.0 Å². The maximum absolute atomic E-state index is 13.0. The molecule has 1 aromatic carbocycles. The molecular weight excluding hydrogens is 197 g/mol. The van der Waals surface area contributed by atoms with Gasteiger partial charge in [0.05, 0.1) is 12.3 Å². The lowest BCUT2D eigenvalue weighted by Gasteiger charge is -2.02. The van der Waals surface area contributed by atoms with Gasteiger partial charge < -0.3 is 5.11 Å². The first-order chi connectivity index (χ1) is 7.22. The molecule has 0 spiro atoms. The third kappa shape index (κ3) is 1.73. The molecule has 0 aliphatic rings. The molecule has 0 saturated heterocycles. The van der Waals surface area contributed by atoms with Crippen molar-refractivity contribution < 1.29 is 9.50 Å². The van der Waals surface area contributed by atoms with Gasteiger partial charge in [-0.2, -0.15) is 0 Å². The smallest absolute Gasteiger partial charge is 0.123 e. The Hall–Kier alpha value is -1.75. The third-order valence-electron chi connectivity index (χ3n) is 2.14. The molecule has 4 nitrogen and oxygen atoms in total. The van der Waals surface area contributed by atoms with Crippen LogP contribution in [0.25, 0.3) is 11.3 Å². The molecule has 0 fully saturated rings. The normalized spacial score (nSPS) is 10.6. The number of hydrogen-bond acceptors (Lipinski definition) is 3. The van der Waals surface area contributed by atoms with E-state index in [-0.39, 0.29) is 12.4 Å². The fraction of sp³-hybridized carbons (Fsp3) is 0.200. The van der Waals surface area contributed by atoms with Crippen LogP contribution in [0.15, 0.2) is 24.3 Å². The van der Waals surface area contributed by atoms with Crippen LogP contribution in [-0.2, 0) is 13.7 Å². The van der Waals surface area contributed by atoms with Crippen LogP contribution in [0.5, 0.6) is 0 Å². The molecule has 5 heteroatoms. The van der Waals surface area contributed by atoms with Gasteiger partial charge in [0.1, 0.15) is 11.5 Å². The summed E-state index contributed by atoms with van der Waals surface area (Å²) in [5, 5.41) is 16.6. The zero-order valence-electron chi connectivity index (χ0n) is 8.18. The zero-order chi connectivity index (χ0) is 10.8. The minimum absolute atomic E-state index is 0.209. The average molecular weight is 207 g/mol. The standard InChI is InChI=1S/C10H10FN3O/c1-14-10(9(6-15)12-13-14)7-3-2-4-8(11)5-7/h2-5,15H,6H2,1H3. The van der Waals surface area contributed by atoms with Crippen molar-refractivity contribution in [2.75, 3.05) is 0 Å². The lowest BCUT2D eigenvalue weighted by atomic mass is 10.1. The number of aliphatic hydroxyl groups excluding tert-OH is 1. The maximum Gasteiger partial charge on any atom is 0.123 e. The third-order valence-corrected chi connectivity index (χ3v) is 2.14. The first-order valence-electron chi connectivity index (χ1n) is 4.47. The molecule has 2 aromatic rings. The summed E-state index contributed by atoms with van der Waals surface area (Å²) in [6.45, 7) is -0.209. The van der Waals surface area contributed by atoms with E-state index < -0.39 is 0 Å². The maximum atomic E-state index is 13.0. The van der Waals surface area contributed by atoms with E-state index >= 15 is 0 Å². The summed E-state index contributed by atoms with van der Waals surface area (Å²) < 4.78 is 14.5. The fourth-order valence-electron chi connectivity index (χ4n) is 1.50. The van der Waals surface area contributed by atoms with Crippen LogP contribution >= 0.6 is 0 Å². The number of benzene rings is 1. The van der Waals surface area contributed by atoms with Crippen molar-refractivity contribution in [2.45, 2.75) is 6.61 Å². The minimum atomic E-state index is -0.322. The largest absolute Gasteiger partial charge is 0.390 e. The molecule has 78 valence electrons. The quantitative estimate of drug-likeness (QED) is 0.802. The molecule has 2 rings (SSSR count). The van der Waals surface area contributed by atoms with Crippen LogP contribution in [0.1, 0.15) is 5.69 Å². The summed E-state index contributed by atoms with van der Waals surface area (Å²) in [4.78, 5) is 0. The van der Waals surface area contributed by atoms with E-state index in [2.05, 4.69) is 10.3 Å². The fourth-order valence-corrected chi connectivity index (χ4v) is 1.50. The Bertz CT molecular complexity index is 481. The van der Waals surface area contributed by atoms with Crippen molar-refractivity contribution >= 4 is 0 Å². The van der Waals surface area contributed by atoms with Crippen molar-refractivity contribution in [3.8, 4) is 11.3 Å². The summed E-state index contributed by atoms with van der Waals surface area (Å²) in [5.41, 5.74) is 1.74. The number of halogens is 1. The monoisotopic (exact) mass is 207 g/mol. The molecule has 0 atom stereocenters. The van der Waals surface area contributed by atoms with E-state index in [9.17, 15) is 4.39 Å². The van der Waals surface area contributed by atoms with Crippen molar-refractivity contribution in [2.24, 2.45) is 7.05 Å². The number of nitrogens with zero attached hydrogens (tertiary/aromatic N) is 3. The second-order valence-corrected chi connectivity index (χ2v) is 3.18. The van der Waals surface area contributed by atoms with Crippen LogP contribution < -0.4 is 0 Å². The number of aromatic nitrogens is 3. The summed E-state index contributed by atoms with van der Waals surface area (Å²) in [6, 6.07) is 6.11. The van der Waals surface area contributed by atoms with Gasteiger partial charge >= 0.3 is 0 Å². The molecular formula is C10H10FN3O. The predicted molar refractivity (Wildman–Crippen MR) is 52.3 cm³/mol. The lowest BCUT2D eigenvalue weighted by molar-refractivity contribution is 0.277. The van der Waals surface area contributed by atoms with Gasteiger partial charge in [-0.3, -0.25) is 0 Å². The van der Waals surface area contributed by atoms with E-state index in [1.165, 1.54) is 16.8 Å². The molecule has 1 heterocycles. The topological polar surface area (TPSA) is 50.9 Å². The number of hydrogen-bond donors (Lipinski definition) is 1. The van der Waals surface area contributed by atoms with Gasteiger partial charge in [-0.05, 0) is 12.1 Å². The Morgan fingerprint density at radius 2 is 2.27 bits per heavy atom. The van der Waals surface area contributed by atoms with Crippen molar-refractivity contribution in [3.63, 3.8) is 0 Å². The van der Waals surface area contributed by atoms with Crippen LogP contribution in [-0.4, -0.2) is 20.1 Å². The highest BCUT2D eigenvalue weighted by atomic mass is 19.1. The summed E-state index contributed by atoms with van der Waals surface area (Å²) >= 11 is 0. The van der Waals surface area contributed by atoms with Gasteiger partial charge in [-0.25, -0.2) is 9.07 Å². The Balaban J connectivity index is 2.57. The molecule has 0 amide bonds. The van der Waals surface area contributed by atoms with E-state index in [0.29, 0.717) is 17.0 Å². The van der Waals surface area contributed by atoms with Gasteiger partial charge in [0.2, 0.25) is 0 Å². The second-order valence-electron chi connectivity index (χ2n) is 3.18. The van der Waals surface area contributed by atoms with Crippen molar-refractivity contribution in [1.82, 2.24) is 15.0 Å². The van der Waals surface area contributed by atoms with Crippen LogP contribution in [0, 0.1) is 5.82 Å². The SMILES string of the molecule is Cn1nnc(CO)c1-c1cccc(F)c1. The Morgan fingerprint density at radius 1 is 1.47 bits per heavy atom. The first-order valence-corrected chi connectivity index (χ1v) is 4.47. The van der Waals surface area contributed by atoms with Crippen molar-refractivity contribution in [1.29, 1.82) is 0 Å². The second kappa shape index (κ2) is 3.78. The lowest BCUT2D eigenvalue weighted by Crippen LogP contribution is -1.96. The molecule has 0 aliphatic heterocycles. The number of aliphatic hydroxyl groups is 1. The van der Waals surface area contributed by atoms with Gasteiger partial charge in [-0.15, -0.1) is 5.10 Å². The molecule has 0 bridgehead atoms. The molecule has 1 aromatic heterocycles. The summed E-state index contributed by atoms with van der Waals surface area (Å²) in [5.74, 6) is -0.322. The van der Waals surface area contributed by atoms with Gasteiger partial charge in [0, 0.05) is 12.6 Å². The van der Waals surface area contributed by atoms with E-state index in [1.54, 1.807) is 19.2 Å². The molecule has 0 unspecified atom stereocenters. The molecule has 1 N–H and O–H groups in total. The Kier molecular flexibility index (Phi) is 2.47. The van der Waals surface area contributed by atoms with Gasteiger partial charge in [0.25, 0.3) is 0 Å². The highest BCUT2D eigenvalue weighted by Gasteiger charge is 2.11.